The van der Waals surface area contributed by atoms with Crippen LogP contribution in [-0.4, -0.2) is 14.5 Å². The molecule has 266 valence electrons. The minimum atomic E-state index is 0.234. The molecule has 0 aliphatic rings. The van der Waals surface area contributed by atoms with Crippen molar-refractivity contribution in [2.24, 2.45) is 0 Å². The normalized spacial score (nSPS) is 12.0. The number of oxazole rings is 1. The van der Waals surface area contributed by atoms with Crippen molar-refractivity contribution in [1.29, 1.82) is 0 Å². The summed E-state index contributed by atoms with van der Waals surface area (Å²) in [4.78, 5) is 10.6. The van der Waals surface area contributed by atoms with Crippen molar-refractivity contribution in [2.45, 2.75) is 39.5 Å². The van der Waals surface area contributed by atoms with Gasteiger partial charge in [0.25, 0.3) is 0 Å². The summed E-state index contributed by atoms with van der Waals surface area (Å²) in [7, 11) is 0. The van der Waals surface area contributed by atoms with E-state index in [9.17, 15) is 0 Å². The molecule has 0 aliphatic carbocycles. The molecule has 0 spiro atoms. The van der Waals surface area contributed by atoms with Gasteiger partial charge >= 0.3 is 0 Å². The topological polar surface area (TPSA) is 57.0 Å². The van der Waals surface area contributed by atoms with Gasteiger partial charge < -0.3 is 8.83 Å². The molecule has 5 heteroatoms. The quantitative estimate of drug-likeness (QED) is 0.165. The zero-order valence-electron chi connectivity index (χ0n) is 31.2. The lowest BCUT2D eigenvalue weighted by Gasteiger charge is -2.24. The smallest absolute Gasteiger partial charge is 0.227 e. The summed E-state index contributed by atoms with van der Waals surface area (Å²) in [6, 6.07) is 52.9. The number of hydrogen-bond acceptors (Lipinski definition) is 4. The van der Waals surface area contributed by atoms with Crippen molar-refractivity contribution < 1.29 is 8.83 Å². The van der Waals surface area contributed by atoms with Gasteiger partial charge in [0.1, 0.15) is 22.5 Å². The number of furan rings is 1. The maximum Gasteiger partial charge on any atom is 0.227 e. The number of imidazole rings is 1. The molecule has 0 N–H and O–H groups in total. The van der Waals surface area contributed by atoms with E-state index in [1.807, 2.05) is 36.4 Å². The van der Waals surface area contributed by atoms with Crippen LogP contribution < -0.4 is 0 Å². The van der Waals surface area contributed by atoms with E-state index < -0.39 is 0 Å². The maximum absolute atomic E-state index is 7.01. The number of benzene rings is 7. The van der Waals surface area contributed by atoms with Crippen molar-refractivity contribution in [2.75, 3.05) is 0 Å². The Hall–Kier alpha value is -6.72. The highest BCUT2D eigenvalue weighted by Crippen LogP contribution is 2.46. The summed E-state index contributed by atoms with van der Waals surface area (Å²) >= 11 is 0. The first-order chi connectivity index (χ1) is 26.9. The predicted molar refractivity (Wildman–Crippen MR) is 226 cm³/mol. The molecular formula is C50H39N3O2. The van der Waals surface area contributed by atoms with Crippen molar-refractivity contribution in [1.82, 2.24) is 14.5 Å². The minimum absolute atomic E-state index is 0.234. The average molecular weight is 714 g/mol. The third kappa shape index (κ3) is 5.46. The zero-order chi connectivity index (χ0) is 37.2. The van der Waals surface area contributed by atoms with Crippen molar-refractivity contribution in [3.8, 4) is 50.8 Å². The Morgan fingerprint density at radius 3 is 1.76 bits per heavy atom. The Balaban J connectivity index is 1.31. The minimum Gasteiger partial charge on any atom is -0.455 e. The molecule has 55 heavy (non-hydrogen) atoms. The molecule has 0 aliphatic heterocycles. The number of hydrogen-bond donors (Lipinski definition) is 0. The van der Waals surface area contributed by atoms with Crippen LogP contribution in [0.3, 0.4) is 0 Å². The third-order valence-corrected chi connectivity index (χ3v) is 10.8. The molecule has 5 nitrogen and oxygen atoms in total. The van der Waals surface area contributed by atoms with E-state index in [4.69, 9.17) is 18.8 Å². The van der Waals surface area contributed by atoms with Crippen LogP contribution in [0.1, 0.15) is 50.7 Å². The number of aromatic nitrogens is 3. The molecule has 0 unspecified atom stereocenters. The van der Waals surface area contributed by atoms with E-state index in [1.165, 1.54) is 22.3 Å². The van der Waals surface area contributed by atoms with Crippen molar-refractivity contribution in [3.63, 3.8) is 0 Å². The monoisotopic (exact) mass is 713 g/mol. The van der Waals surface area contributed by atoms with E-state index in [0.717, 1.165) is 72.3 Å². The SMILES string of the molecule is CC(C)c1cc(-c2ccccc2)cc(C(C)C)c1-n1c(-c2cc3oc(-c4ccccc4)nc3c3c2oc2cc(-c4ccccc4)ccc23)nc2ccccc21. The van der Waals surface area contributed by atoms with Crippen LogP contribution in [-0.2, 0) is 0 Å². The van der Waals surface area contributed by atoms with Gasteiger partial charge in [0, 0.05) is 10.9 Å². The molecule has 10 aromatic rings. The highest BCUT2D eigenvalue weighted by Gasteiger charge is 2.28. The van der Waals surface area contributed by atoms with E-state index >= 15 is 0 Å². The highest BCUT2D eigenvalue weighted by atomic mass is 16.4. The van der Waals surface area contributed by atoms with Gasteiger partial charge in [-0.3, -0.25) is 4.57 Å². The summed E-state index contributed by atoms with van der Waals surface area (Å²) in [6.07, 6.45) is 0. The molecule has 7 aromatic carbocycles. The van der Waals surface area contributed by atoms with Crippen molar-refractivity contribution in [3.05, 3.63) is 163 Å². The molecule has 0 saturated heterocycles. The summed E-state index contributed by atoms with van der Waals surface area (Å²) in [5, 5.41) is 1.90. The van der Waals surface area contributed by atoms with Gasteiger partial charge in [-0.15, -0.1) is 0 Å². The molecule has 0 fully saturated rings. The number of fused-ring (bicyclic) bond motifs is 6. The van der Waals surface area contributed by atoms with Gasteiger partial charge in [-0.1, -0.05) is 125 Å². The molecule has 0 amide bonds. The fraction of sp³-hybridized carbons (Fsp3) is 0.120. The Morgan fingerprint density at radius 1 is 0.509 bits per heavy atom. The third-order valence-electron chi connectivity index (χ3n) is 10.8. The predicted octanol–water partition coefficient (Wildman–Crippen LogP) is 14.0. The number of rotatable bonds is 7. The van der Waals surface area contributed by atoms with Crippen LogP contribution in [0.4, 0.5) is 0 Å². The van der Waals surface area contributed by atoms with E-state index in [0.29, 0.717) is 11.5 Å². The van der Waals surface area contributed by atoms with E-state index in [1.54, 1.807) is 0 Å². The molecule has 10 rings (SSSR count). The van der Waals surface area contributed by atoms with Crippen LogP contribution in [0.5, 0.6) is 0 Å². The van der Waals surface area contributed by atoms with Crippen LogP contribution in [0.2, 0.25) is 0 Å². The van der Waals surface area contributed by atoms with Crippen LogP contribution >= 0.6 is 0 Å². The summed E-state index contributed by atoms with van der Waals surface area (Å²) in [5.74, 6) is 1.83. The number of nitrogens with zero attached hydrogens (tertiary/aromatic N) is 3. The fourth-order valence-corrected chi connectivity index (χ4v) is 8.06. The maximum atomic E-state index is 7.01. The van der Waals surface area contributed by atoms with Crippen LogP contribution in [0.15, 0.2) is 160 Å². The van der Waals surface area contributed by atoms with Gasteiger partial charge in [-0.2, -0.15) is 0 Å². The molecular weight excluding hydrogens is 675 g/mol. The fourth-order valence-electron chi connectivity index (χ4n) is 8.06. The molecule has 0 atom stereocenters. The zero-order valence-corrected chi connectivity index (χ0v) is 31.2. The Bertz CT molecular complexity index is 2990. The van der Waals surface area contributed by atoms with Gasteiger partial charge in [0.2, 0.25) is 5.89 Å². The summed E-state index contributed by atoms with van der Waals surface area (Å²) in [6.45, 7) is 9.13. The Labute approximate surface area is 319 Å². The lowest BCUT2D eigenvalue weighted by atomic mass is 9.88. The van der Waals surface area contributed by atoms with Gasteiger partial charge in [-0.25, -0.2) is 9.97 Å². The van der Waals surface area contributed by atoms with Crippen LogP contribution in [0, 0.1) is 0 Å². The van der Waals surface area contributed by atoms with Gasteiger partial charge in [-0.05, 0) is 99.8 Å². The second-order valence-corrected chi connectivity index (χ2v) is 15.0. The van der Waals surface area contributed by atoms with Crippen LogP contribution in [0.25, 0.3) is 94.9 Å². The molecule has 0 radical (unpaired) electrons. The largest absolute Gasteiger partial charge is 0.455 e. The van der Waals surface area contributed by atoms with Crippen molar-refractivity contribution >= 4 is 44.1 Å². The second kappa shape index (κ2) is 13.0. The molecule has 0 saturated carbocycles. The van der Waals surface area contributed by atoms with E-state index in [-0.39, 0.29) is 11.8 Å². The van der Waals surface area contributed by atoms with Gasteiger partial charge in [0.15, 0.2) is 5.58 Å². The first kappa shape index (κ1) is 32.9. The Kier molecular flexibility index (Phi) is 7.77. The second-order valence-electron chi connectivity index (χ2n) is 15.0. The molecule has 3 heterocycles. The first-order valence-corrected chi connectivity index (χ1v) is 19.0. The highest BCUT2D eigenvalue weighted by molar-refractivity contribution is 6.21. The molecule has 0 bridgehead atoms. The van der Waals surface area contributed by atoms with E-state index in [2.05, 4.69) is 148 Å². The summed E-state index contributed by atoms with van der Waals surface area (Å²) < 4.78 is 16.0. The summed E-state index contributed by atoms with van der Waals surface area (Å²) in [5.41, 5.74) is 15.0. The van der Waals surface area contributed by atoms with Gasteiger partial charge in [0.05, 0.1) is 27.7 Å². The standard InChI is InChI=1S/C50H39N3O2/c1-30(2)38-26-36(33-18-10-6-11-19-33)27-39(31(3)4)47(38)53-42-23-15-14-22-41(42)51-49(53)40-29-44-46(52-50(55-44)34-20-12-7-13-21-34)45-37-25-24-35(28-43(37)54-48(40)45)32-16-8-5-9-17-32/h5-31H,1-4H3. The lowest BCUT2D eigenvalue weighted by Crippen LogP contribution is -2.09. The first-order valence-electron chi connectivity index (χ1n) is 19.0. The Morgan fingerprint density at radius 2 is 1.11 bits per heavy atom. The lowest BCUT2D eigenvalue weighted by molar-refractivity contribution is 0.619. The average Bonchev–Trinajstić information content (AvgIpc) is 3.94. The number of para-hydroxylation sites is 2. The molecule has 3 aromatic heterocycles.